The minimum absolute atomic E-state index is 0.608. The Labute approximate surface area is 110 Å². The molecule has 2 heterocycles. The first-order valence-corrected chi connectivity index (χ1v) is 7.04. The maximum absolute atomic E-state index is 4.62. The van der Waals surface area contributed by atoms with Gasteiger partial charge in [-0.15, -0.1) is 0 Å². The zero-order valence-electron chi connectivity index (χ0n) is 12.1. The summed E-state index contributed by atoms with van der Waals surface area (Å²) in [6.07, 6.45) is 4.64. The molecule has 0 aliphatic carbocycles. The Morgan fingerprint density at radius 2 is 2.06 bits per heavy atom. The van der Waals surface area contributed by atoms with Crippen LogP contribution in [-0.2, 0) is 0 Å². The quantitative estimate of drug-likeness (QED) is 0.891. The summed E-state index contributed by atoms with van der Waals surface area (Å²) in [5, 5.41) is 3.48. The van der Waals surface area contributed by atoms with Gasteiger partial charge < -0.3 is 14.8 Å². The number of hydrogen-bond donors (Lipinski definition) is 1. The smallest absolute Gasteiger partial charge is 0.203 e. The third-order valence-corrected chi connectivity index (χ3v) is 3.60. The van der Waals surface area contributed by atoms with Crippen LogP contribution < -0.4 is 5.32 Å². The van der Waals surface area contributed by atoms with Crippen molar-refractivity contribution in [1.29, 1.82) is 0 Å². The lowest BCUT2D eigenvalue weighted by atomic mass is 10.1. The summed E-state index contributed by atoms with van der Waals surface area (Å²) >= 11 is 0. The van der Waals surface area contributed by atoms with E-state index in [1.54, 1.807) is 0 Å². The molecule has 18 heavy (non-hydrogen) atoms. The Morgan fingerprint density at radius 3 is 2.67 bits per heavy atom. The van der Waals surface area contributed by atoms with Crippen LogP contribution in [0.3, 0.4) is 0 Å². The predicted molar refractivity (Wildman–Crippen MR) is 76.1 cm³/mol. The highest BCUT2D eigenvalue weighted by Crippen LogP contribution is 2.25. The highest BCUT2D eigenvalue weighted by Gasteiger charge is 2.20. The van der Waals surface area contributed by atoms with Gasteiger partial charge in [-0.25, -0.2) is 4.98 Å². The number of imidazole rings is 1. The Balaban J connectivity index is 2.06. The van der Waals surface area contributed by atoms with E-state index < -0.39 is 0 Å². The molecule has 0 aromatic carbocycles. The summed E-state index contributed by atoms with van der Waals surface area (Å²) in [5.74, 6) is 1.70. The fourth-order valence-electron chi connectivity index (χ4n) is 2.49. The molecule has 0 bridgehead atoms. The lowest BCUT2D eigenvalue weighted by Gasteiger charge is -2.30. The van der Waals surface area contributed by atoms with Crippen LogP contribution in [0.4, 0.5) is 5.95 Å². The summed E-state index contributed by atoms with van der Waals surface area (Å²) in [5.41, 5.74) is 1.11. The van der Waals surface area contributed by atoms with Crippen LogP contribution in [0.1, 0.15) is 38.4 Å². The van der Waals surface area contributed by atoms with Gasteiger partial charge in [-0.3, -0.25) is 0 Å². The van der Waals surface area contributed by atoms with Crippen molar-refractivity contribution in [1.82, 2.24) is 14.5 Å². The van der Waals surface area contributed by atoms with E-state index in [2.05, 4.69) is 53.8 Å². The molecular formula is C14H26N4. The van der Waals surface area contributed by atoms with Gasteiger partial charge in [0, 0.05) is 18.8 Å². The Kier molecular flexibility index (Phi) is 4.27. The third kappa shape index (κ3) is 3.25. The first-order chi connectivity index (χ1) is 8.56. The molecule has 1 fully saturated rings. The van der Waals surface area contributed by atoms with E-state index in [0.29, 0.717) is 12.0 Å². The van der Waals surface area contributed by atoms with Crippen LogP contribution in [0.2, 0.25) is 0 Å². The van der Waals surface area contributed by atoms with Crippen LogP contribution in [0, 0.1) is 12.8 Å². The normalized spacial score (nSPS) is 18.5. The molecule has 102 valence electrons. The van der Waals surface area contributed by atoms with Crippen molar-refractivity contribution in [3.63, 3.8) is 0 Å². The van der Waals surface area contributed by atoms with Crippen LogP contribution in [0.5, 0.6) is 0 Å². The molecule has 1 N–H and O–H groups in total. The molecule has 1 aliphatic rings. The van der Waals surface area contributed by atoms with Gasteiger partial charge in [-0.1, -0.05) is 13.8 Å². The minimum atomic E-state index is 0.608. The largest absolute Gasteiger partial charge is 0.355 e. The molecule has 0 saturated carbocycles. The average Bonchev–Trinajstić information content (AvgIpc) is 2.69. The van der Waals surface area contributed by atoms with Gasteiger partial charge in [0.1, 0.15) is 0 Å². The van der Waals surface area contributed by atoms with E-state index in [1.165, 1.54) is 25.9 Å². The van der Waals surface area contributed by atoms with Crippen molar-refractivity contribution in [3.05, 3.63) is 11.9 Å². The summed E-state index contributed by atoms with van der Waals surface area (Å²) in [7, 11) is 2.20. The minimum Gasteiger partial charge on any atom is -0.355 e. The second kappa shape index (κ2) is 5.74. The number of likely N-dealkylation sites (tertiary alicyclic amines) is 1. The Hall–Kier alpha value is -1.03. The SMILES string of the molecule is Cc1cn(C2CCN(C)CC2)c(NCC(C)C)n1. The van der Waals surface area contributed by atoms with Crippen molar-refractivity contribution >= 4 is 5.95 Å². The van der Waals surface area contributed by atoms with Crippen LogP contribution in [-0.4, -0.2) is 41.1 Å². The van der Waals surface area contributed by atoms with Gasteiger partial charge >= 0.3 is 0 Å². The lowest BCUT2D eigenvalue weighted by molar-refractivity contribution is 0.222. The topological polar surface area (TPSA) is 33.1 Å². The number of nitrogens with zero attached hydrogens (tertiary/aromatic N) is 3. The molecular weight excluding hydrogens is 224 g/mol. The number of nitrogens with one attached hydrogen (secondary N) is 1. The molecule has 0 radical (unpaired) electrons. The lowest BCUT2D eigenvalue weighted by Crippen LogP contribution is -2.31. The van der Waals surface area contributed by atoms with Crippen LogP contribution in [0.15, 0.2) is 6.20 Å². The Morgan fingerprint density at radius 1 is 1.39 bits per heavy atom. The number of aromatic nitrogens is 2. The molecule has 1 aromatic heterocycles. The molecule has 1 saturated heterocycles. The maximum Gasteiger partial charge on any atom is 0.203 e. The highest BCUT2D eigenvalue weighted by molar-refractivity contribution is 5.29. The second-order valence-corrected chi connectivity index (χ2v) is 5.92. The van der Waals surface area contributed by atoms with Gasteiger partial charge in [-0.05, 0) is 45.8 Å². The highest BCUT2D eigenvalue weighted by atomic mass is 15.2. The zero-order chi connectivity index (χ0) is 13.1. The molecule has 1 aliphatic heterocycles. The molecule has 1 aromatic rings. The summed E-state index contributed by atoms with van der Waals surface area (Å²) in [6.45, 7) is 9.89. The van der Waals surface area contributed by atoms with Gasteiger partial charge in [0.25, 0.3) is 0 Å². The molecule has 0 amide bonds. The summed E-state index contributed by atoms with van der Waals surface area (Å²) < 4.78 is 2.35. The van der Waals surface area contributed by atoms with Crippen LogP contribution in [0.25, 0.3) is 0 Å². The number of hydrogen-bond acceptors (Lipinski definition) is 3. The first kappa shape index (κ1) is 13.4. The van der Waals surface area contributed by atoms with Crippen molar-refractivity contribution < 1.29 is 0 Å². The summed E-state index contributed by atoms with van der Waals surface area (Å²) in [6, 6.07) is 0.608. The van der Waals surface area contributed by atoms with E-state index in [4.69, 9.17) is 0 Å². The van der Waals surface area contributed by atoms with Gasteiger partial charge in [-0.2, -0.15) is 0 Å². The number of aryl methyl sites for hydroxylation is 1. The number of rotatable bonds is 4. The van der Waals surface area contributed by atoms with E-state index in [0.717, 1.165) is 18.2 Å². The third-order valence-electron chi connectivity index (χ3n) is 3.60. The van der Waals surface area contributed by atoms with Crippen LogP contribution >= 0.6 is 0 Å². The predicted octanol–water partition coefficient (Wildman–Crippen LogP) is 2.53. The molecule has 4 nitrogen and oxygen atoms in total. The van der Waals surface area contributed by atoms with E-state index in [9.17, 15) is 0 Å². The number of anilines is 1. The standard InChI is InChI=1S/C14H26N4/c1-11(2)9-15-14-16-12(3)10-18(14)13-5-7-17(4)8-6-13/h10-11,13H,5-9H2,1-4H3,(H,15,16). The van der Waals surface area contributed by atoms with Gasteiger partial charge in [0.15, 0.2) is 0 Å². The van der Waals surface area contributed by atoms with Crippen molar-refractivity contribution in [2.24, 2.45) is 5.92 Å². The fraction of sp³-hybridized carbons (Fsp3) is 0.786. The monoisotopic (exact) mass is 250 g/mol. The molecule has 0 atom stereocenters. The summed E-state index contributed by atoms with van der Waals surface area (Å²) in [4.78, 5) is 7.02. The average molecular weight is 250 g/mol. The molecule has 2 rings (SSSR count). The number of piperidine rings is 1. The maximum atomic E-state index is 4.62. The molecule has 4 heteroatoms. The first-order valence-electron chi connectivity index (χ1n) is 7.04. The van der Waals surface area contributed by atoms with Crippen molar-refractivity contribution in [3.8, 4) is 0 Å². The van der Waals surface area contributed by atoms with Gasteiger partial charge in [0.05, 0.1) is 5.69 Å². The van der Waals surface area contributed by atoms with E-state index in [1.807, 2.05) is 0 Å². The second-order valence-electron chi connectivity index (χ2n) is 5.92. The van der Waals surface area contributed by atoms with E-state index >= 15 is 0 Å². The van der Waals surface area contributed by atoms with Gasteiger partial charge in [0.2, 0.25) is 5.95 Å². The molecule has 0 unspecified atom stereocenters. The van der Waals surface area contributed by atoms with E-state index in [-0.39, 0.29) is 0 Å². The van der Waals surface area contributed by atoms with Crippen molar-refractivity contribution in [2.75, 3.05) is 32.0 Å². The fourth-order valence-corrected chi connectivity index (χ4v) is 2.49. The van der Waals surface area contributed by atoms with Crippen molar-refractivity contribution in [2.45, 2.75) is 39.7 Å². The molecule has 0 spiro atoms. The zero-order valence-corrected chi connectivity index (χ0v) is 12.1. The Bertz CT molecular complexity index is 375.